The average Bonchev–Trinajstić information content (AvgIpc) is 3.15. The number of likely N-dealkylation sites (N-methyl/N-ethyl adjacent to an activating group) is 1. The molecule has 332 valence electrons. The predicted octanol–water partition coefficient (Wildman–Crippen LogP) is 12.7. The first-order valence-corrected chi connectivity index (χ1v) is 24.9. The molecule has 0 amide bonds. The van der Waals surface area contributed by atoms with Crippen molar-refractivity contribution in [2.24, 2.45) is 0 Å². The minimum absolute atomic E-state index is 0.0314. The molecule has 0 heterocycles. The van der Waals surface area contributed by atoms with Crippen molar-refractivity contribution in [2.75, 3.05) is 47.5 Å². The number of phosphoric acid groups is 1. The van der Waals surface area contributed by atoms with E-state index in [9.17, 15) is 19.0 Å². The molecule has 0 spiro atoms. The highest BCUT2D eigenvalue weighted by Gasteiger charge is 2.21. The monoisotopic (exact) mass is 816 g/mol. The van der Waals surface area contributed by atoms with Crippen LogP contribution >= 0.6 is 7.82 Å². The summed E-state index contributed by atoms with van der Waals surface area (Å²) in [5.41, 5.74) is 0. The van der Waals surface area contributed by atoms with E-state index in [0.717, 1.165) is 32.1 Å². The third-order valence-electron chi connectivity index (χ3n) is 10.3. The summed E-state index contributed by atoms with van der Waals surface area (Å²) in [6.45, 7) is 4.20. The zero-order valence-corrected chi connectivity index (χ0v) is 38.2. The summed E-state index contributed by atoms with van der Waals surface area (Å²) in [5, 5.41) is 0. The van der Waals surface area contributed by atoms with Crippen molar-refractivity contribution < 1.29 is 42.1 Å². The van der Waals surface area contributed by atoms with Crippen molar-refractivity contribution in [3.05, 3.63) is 12.2 Å². The molecule has 0 saturated carbocycles. The molecule has 0 radical (unpaired) electrons. The highest BCUT2D eigenvalue weighted by Crippen LogP contribution is 2.38. The summed E-state index contributed by atoms with van der Waals surface area (Å²) in [5.74, 6) is -0.865. The molecule has 0 rings (SSSR count). The number of hydrogen-bond acceptors (Lipinski definition) is 8. The number of rotatable bonds is 43. The van der Waals surface area contributed by atoms with Crippen LogP contribution in [0.2, 0.25) is 0 Å². The molecule has 1 unspecified atom stereocenters. The van der Waals surface area contributed by atoms with Crippen molar-refractivity contribution in [3.8, 4) is 0 Å². The summed E-state index contributed by atoms with van der Waals surface area (Å²) in [7, 11) is 1.16. The standard InChI is InChI=1S/C46H90NO8P/c1-6-8-10-12-14-16-17-18-19-20-21-22-23-24-25-26-27-28-29-31-32-34-36-38-45(48)52-42-44(43-54-56(50,51)53-41-40-47(3,4)5)55-46(49)39-37-35-33-30-15-13-11-9-7-2/h31-32,44H,6-30,33-43H2,1-5H3/b32-31+/t44-/m0/s1. The lowest BCUT2D eigenvalue weighted by atomic mass is 10.0. The first kappa shape index (κ1) is 54.8. The zero-order valence-electron chi connectivity index (χ0n) is 37.3. The van der Waals surface area contributed by atoms with E-state index in [4.69, 9.17) is 18.5 Å². The van der Waals surface area contributed by atoms with Crippen LogP contribution in [0.3, 0.4) is 0 Å². The van der Waals surface area contributed by atoms with Gasteiger partial charge >= 0.3 is 11.9 Å². The lowest BCUT2D eigenvalue weighted by molar-refractivity contribution is -0.870. The molecule has 0 aromatic heterocycles. The van der Waals surface area contributed by atoms with E-state index >= 15 is 0 Å². The van der Waals surface area contributed by atoms with Gasteiger partial charge in [-0.05, 0) is 32.1 Å². The maximum Gasteiger partial charge on any atom is 0.306 e. The summed E-state index contributed by atoms with van der Waals surface area (Å²) in [4.78, 5) is 37.4. The molecule has 10 heteroatoms. The fourth-order valence-electron chi connectivity index (χ4n) is 6.60. The Balaban J connectivity index is 4.15. The van der Waals surface area contributed by atoms with Gasteiger partial charge in [-0.25, -0.2) is 0 Å². The smallest absolute Gasteiger partial charge is 0.306 e. The number of phosphoric ester groups is 1. The van der Waals surface area contributed by atoms with Gasteiger partial charge in [-0.3, -0.25) is 14.2 Å². The second-order valence-electron chi connectivity index (χ2n) is 17.1. The number of allylic oxidation sites excluding steroid dienone is 2. The molecule has 2 atom stereocenters. The van der Waals surface area contributed by atoms with Crippen LogP contribution < -0.4 is 4.89 Å². The van der Waals surface area contributed by atoms with E-state index in [1.54, 1.807) is 0 Å². The highest BCUT2D eigenvalue weighted by molar-refractivity contribution is 7.45. The molecule has 0 saturated heterocycles. The highest BCUT2D eigenvalue weighted by atomic mass is 31.2. The maximum absolute atomic E-state index is 12.6. The summed E-state index contributed by atoms with van der Waals surface area (Å²) in [6.07, 6.45) is 41.3. The molecule has 0 aliphatic rings. The van der Waals surface area contributed by atoms with Crippen molar-refractivity contribution in [2.45, 2.75) is 225 Å². The molecule has 0 fully saturated rings. The lowest BCUT2D eigenvalue weighted by Gasteiger charge is -2.28. The predicted molar refractivity (Wildman–Crippen MR) is 231 cm³/mol. The number of carbonyl (C=O) groups is 2. The van der Waals surface area contributed by atoms with Gasteiger partial charge in [-0.2, -0.15) is 0 Å². The first-order chi connectivity index (χ1) is 27.0. The minimum atomic E-state index is -4.62. The van der Waals surface area contributed by atoms with E-state index in [-0.39, 0.29) is 26.1 Å². The number of quaternary nitrogens is 1. The average molecular weight is 816 g/mol. The van der Waals surface area contributed by atoms with Crippen molar-refractivity contribution in [1.82, 2.24) is 0 Å². The van der Waals surface area contributed by atoms with Crippen LogP contribution in [-0.2, 0) is 32.7 Å². The van der Waals surface area contributed by atoms with Crippen molar-refractivity contribution in [3.63, 3.8) is 0 Å². The zero-order chi connectivity index (χ0) is 41.4. The lowest BCUT2D eigenvalue weighted by Crippen LogP contribution is -2.37. The maximum atomic E-state index is 12.6. The second-order valence-corrected chi connectivity index (χ2v) is 18.5. The van der Waals surface area contributed by atoms with Gasteiger partial charge in [0.15, 0.2) is 6.10 Å². The van der Waals surface area contributed by atoms with Gasteiger partial charge in [0.2, 0.25) is 0 Å². The van der Waals surface area contributed by atoms with Gasteiger partial charge in [-0.1, -0.05) is 187 Å². The number of esters is 2. The Hall–Kier alpha value is -1.25. The van der Waals surface area contributed by atoms with Gasteiger partial charge in [-0.15, -0.1) is 0 Å². The van der Waals surface area contributed by atoms with Crippen LogP contribution in [0.1, 0.15) is 219 Å². The molecular formula is C46H90NO8P. The molecular weight excluding hydrogens is 725 g/mol. The largest absolute Gasteiger partial charge is 0.756 e. The van der Waals surface area contributed by atoms with Crippen LogP contribution in [0.5, 0.6) is 0 Å². The van der Waals surface area contributed by atoms with E-state index in [2.05, 4.69) is 26.0 Å². The molecule has 56 heavy (non-hydrogen) atoms. The quantitative estimate of drug-likeness (QED) is 0.0197. The Labute approximate surface area is 346 Å². The summed E-state index contributed by atoms with van der Waals surface area (Å²) in [6, 6.07) is 0. The SMILES string of the molecule is CCCCCCCCCCCCCCCCCCCC/C=C/CCCC(=O)OC[C@@H](COP(=O)([O-])OCC[N+](C)(C)C)OC(=O)CCCCCCCCCCC. The second kappa shape index (κ2) is 39.2. The van der Waals surface area contributed by atoms with E-state index in [0.29, 0.717) is 23.9 Å². The molecule has 0 N–H and O–H groups in total. The van der Waals surface area contributed by atoms with Gasteiger partial charge in [0.1, 0.15) is 19.8 Å². The Morgan fingerprint density at radius 3 is 1.38 bits per heavy atom. The Morgan fingerprint density at radius 2 is 0.929 bits per heavy atom. The van der Waals surface area contributed by atoms with Gasteiger partial charge in [0.25, 0.3) is 7.82 Å². The summed E-state index contributed by atoms with van der Waals surface area (Å²) < 4.78 is 33.8. The molecule has 0 bridgehead atoms. The molecule has 0 aromatic rings. The number of hydrogen-bond donors (Lipinski definition) is 0. The topological polar surface area (TPSA) is 111 Å². The fourth-order valence-corrected chi connectivity index (χ4v) is 7.33. The molecule has 0 aromatic carbocycles. The molecule has 0 aliphatic heterocycles. The van der Waals surface area contributed by atoms with Crippen molar-refractivity contribution in [1.29, 1.82) is 0 Å². The Kier molecular flexibility index (Phi) is 38.3. The van der Waals surface area contributed by atoms with E-state index in [1.807, 2.05) is 21.1 Å². The Bertz CT molecular complexity index is 969. The normalized spacial score (nSPS) is 13.6. The molecule has 0 aliphatic carbocycles. The van der Waals surface area contributed by atoms with Gasteiger partial charge in [0.05, 0.1) is 27.7 Å². The first-order valence-electron chi connectivity index (χ1n) is 23.4. The van der Waals surface area contributed by atoms with Crippen LogP contribution in [0.15, 0.2) is 12.2 Å². The van der Waals surface area contributed by atoms with Crippen LogP contribution in [-0.4, -0.2) is 70.0 Å². The van der Waals surface area contributed by atoms with Crippen LogP contribution in [0, 0.1) is 0 Å². The van der Waals surface area contributed by atoms with Gasteiger partial charge in [0, 0.05) is 12.8 Å². The summed E-state index contributed by atoms with van der Waals surface area (Å²) >= 11 is 0. The minimum Gasteiger partial charge on any atom is -0.756 e. The third-order valence-corrected chi connectivity index (χ3v) is 11.2. The number of unbranched alkanes of at least 4 members (excludes halogenated alkanes) is 27. The van der Waals surface area contributed by atoms with Crippen molar-refractivity contribution >= 4 is 19.8 Å². The van der Waals surface area contributed by atoms with Crippen LogP contribution in [0.25, 0.3) is 0 Å². The number of ether oxygens (including phenoxy) is 2. The molecule has 9 nitrogen and oxygen atoms in total. The fraction of sp³-hybridized carbons (Fsp3) is 0.913. The van der Waals surface area contributed by atoms with E-state index < -0.39 is 32.5 Å². The number of nitrogens with zero attached hydrogens (tertiary/aromatic N) is 1. The Morgan fingerprint density at radius 1 is 0.536 bits per heavy atom. The van der Waals surface area contributed by atoms with Crippen LogP contribution in [0.4, 0.5) is 0 Å². The third kappa shape index (κ3) is 42.4. The van der Waals surface area contributed by atoms with E-state index in [1.165, 1.54) is 148 Å². The number of carbonyl (C=O) groups excluding carboxylic acids is 2. The van der Waals surface area contributed by atoms with Gasteiger partial charge < -0.3 is 27.9 Å².